The summed E-state index contributed by atoms with van der Waals surface area (Å²) in [6, 6.07) is 11.9. The lowest BCUT2D eigenvalue weighted by atomic mass is 10.0. The highest BCUT2D eigenvalue weighted by Crippen LogP contribution is 2.27. The Kier molecular flexibility index (Phi) is 3.84. The number of carbonyl (C=O) groups is 1. The van der Waals surface area contributed by atoms with Gasteiger partial charge in [-0.15, -0.1) is 0 Å². The van der Waals surface area contributed by atoms with Crippen molar-refractivity contribution in [2.75, 3.05) is 19.0 Å². The summed E-state index contributed by atoms with van der Waals surface area (Å²) in [6.07, 6.45) is 0. The Labute approximate surface area is 126 Å². The fraction of sp³-hybridized carbons (Fsp3) is 0.125. The van der Waals surface area contributed by atoms with E-state index < -0.39 is 0 Å². The van der Waals surface area contributed by atoms with Crippen molar-refractivity contribution in [2.45, 2.75) is 0 Å². The highest BCUT2D eigenvalue weighted by atomic mass is 19.1. The average Bonchev–Trinajstić information content (AvgIpc) is 2.90. The standard InChI is InChI=1S/C16H14FN3O2/c1-22-9-15(21)18-16-13-7-4-11(8-14(13)19-20-16)10-2-5-12(17)6-3-10/h2-8H,9H2,1H3,(H2,18,19,20,21). The summed E-state index contributed by atoms with van der Waals surface area (Å²) < 4.78 is 17.7. The quantitative estimate of drug-likeness (QED) is 0.778. The van der Waals surface area contributed by atoms with Crippen LogP contribution in [0.25, 0.3) is 22.0 Å². The molecule has 0 aliphatic heterocycles. The molecule has 2 N–H and O–H groups in total. The number of aromatic nitrogens is 2. The molecule has 0 saturated heterocycles. The van der Waals surface area contributed by atoms with E-state index in [-0.39, 0.29) is 18.3 Å². The van der Waals surface area contributed by atoms with Crippen LogP contribution in [0.2, 0.25) is 0 Å². The van der Waals surface area contributed by atoms with Gasteiger partial charge >= 0.3 is 0 Å². The summed E-state index contributed by atoms with van der Waals surface area (Å²) in [5.74, 6) is -0.0734. The molecule has 5 nitrogen and oxygen atoms in total. The number of hydrogen-bond acceptors (Lipinski definition) is 3. The van der Waals surface area contributed by atoms with Crippen molar-refractivity contribution < 1.29 is 13.9 Å². The number of ether oxygens (including phenoxy) is 1. The zero-order valence-corrected chi connectivity index (χ0v) is 11.9. The Morgan fingerprint density at radius 1 is 1.23 bits per heavy atom. The Bertz CT molecular complexity index is 812. The zero-order valence-electron chi connectivity index (χ0n) is 11.9. The highest BCUT2D eigenvalue weighted by Gasteiger charge is 2.10. The molecule has 0 saturated carbocycles. The molecule has 0 bridgehead atoms. The maximum Gasteiger partial charge on any atom is 0.251 e. The van der Waals surface area contributed by atoms with Gasteiger partial charge in [-0.2, -0.15) is 5.10 Å². The van der Waals surface area contributed by atoms with E-state index >= 15 is 0 Å². The van der Waals surface area contributed by atoms with E-state index in [0.29, 0.717) is 5.82 Å². The number of carbonyl (C=O) groups excluding carboxylic acids is 1. The summed E-state index contributed by atoms with van der Waals surface area (Å²) in [7, 11) is 1.46. The third kappa shape index (κ3) is 2.82. The number of fused-ring (bicyclic) bond motifs is 1. The van der Waals surface area contributed by atoms with Gasteiger partial charge in [0.2, 0.25) is 0 Å². The fourth-order valence-corrected chi connectivity index (χ4v) is 2.24. The molecule has 3 aromatic rings. The third-order valence-corrected chi connectivity index (χ3v) is 3.27. The van der Waals surface area contributed by atoms with E-state index in [9.17, 15) is 9.18 Å². The summed E-state index contributed by atoms with van der Waals surface area (Å²) in [5.41, 5.74) is 2.63. The van der Waals surface area contributed by atoms with Crippen LogP contribution in [0.15, 0.2) is 42.5 Å². The molecule has 0 unspecified atom stereocenters. The predicted octanol–water partition coefficient (Wildman–Crippen LogP) is 2.95. The van der Waals surface area contributed by atoms with Gasteiger partial charge in [0, 0.05) is 12.5 Å². The number of aromatic amines is 1. The molecule has 0 radical (unpaired) electrons. The molecule has 2 aromatic carbocycles. The van der Waals surface area contributed by atoms with Crippen LogP contribution < -0.4 is 5.32 Å². The number of anilines is 1. The molecule has 112 valence electrons. The van der Waals surface area contributed by atoms with Crippen molar-refractivity contribution in [3.63, 3.8) is 0 Å². The van der Waals surface area contributed by atoms with Gasteiger partial charge in [0.05, 0.1) is 5.52 Å². The molecule has 1 amide bonds. The number of halogens is 1. The van der Waals surface area contributed by atoms with Crippen LogP contribution in [0.1, 0.15) is 0 Å². The molecule has 0 aliphatic rings. The molecule has 0 spiro atoms. The van der Waals surface area contributed by atoms with Gasteiger partial charge in [-0.25, -0.2) is 4.39 Å². The summed E-state index contributed by atoms with van der Waals surface area (Å²) in [5, 5.41) is 10.4. The van der Waals surface area contributed by atoms with Crippen LogP contribution in [0.4, 0.5) is 10.2 Å². The Hall–Kier alpha value is -2.73. The molecule has 1 aromatic heterocycles. The first-order valence-corrected chi connectivity index (χ1v) is 6.70. The number of hydrogen-bond donors (Lipinski definition) is 2. The lowest BCUT2D eigenvalue weighted by Crippen LogP contribution is -2.17. The van der Waals surface area contributed by atoms with E-state index in [4.69, 9.17) is 4.74 Å². The van der Waals surface area contributed by atoms with Gasteiger partial charge in [0.15, 0.2) is 5.82 Å². The summed E-state index contributed by atoms with van der Waals surface area (Å²) in [6.45, 7) is -0.0258. The van der Waals surface area contributed by atoms with Crippen LogP contribution in [0.5, 0.6) is 0 Å². The minimum Gasteiger partial charge on any atom is -0.375 e. The maximum absolute atomic E-state index is 13.0. The Balaban J connectivity index is 1.92. The zero-order chi connectivity index (χ0) is 15.5. The van der Waals surface area contributed by atoms with Crippen molar-refractivity contribution in [3.05, 3.63) is 48.3 Å². The van der Waals surface area contributed by atoms with Gasteiger partial charge in [-0.05, 0) is 35.4 Å². The smallest absolute Gasteiger partial charge is 0.251 e. The molecule has 0 aliphatic carbocycles. The first kappa shape index (κ1) is 14.2. The molecule has 0 fully saturated rings. The van der Waals surface area contributed by atoms with Crippen LogP contribution in [-0.2, 0) is 9.53 Å². The van der Waals surface area contributed by atoms with E-state index in [1.165, 1.54) is 19.2 Å². The number of amides is 1. The molecule has 0 atom stereocenters. The van der Waals surface area contributed by atoms with Crippen molar-refractivity contribution in [1.29, 1.82) is 0 Å². The largest absolute Gasteiger partial charge is 0.375 e. The number of rotatable bonds is 4. The molecule has 1 heterocycles. The van der Waals surface area contributed by atoms with Gasteiger partial charge in [0.25, 0.3) is 5.91 Å². The topological polar surface area (TPSA) is 67.0 Å². The van der Waals surface area contributed by atoms with Gasteiger partial charge in [-0.1, -0.05) is 18.2 Å². The normalized spacial score (nSPS) is 10.8. The number of nitrogens with one attached hydrogen (secondary N) is 2. The Morgan fingerprint density at radius 2 is 1.95 bits per heavy atom. The lowest BCUT2D eigenvalue weighted by Gasteiger charge is -2.03. The molecule has 22 heavy (non-hydrogen) atoms. The minimum atomic E-state index is -0.269. The molecule has 6 heteroatoms. The summed E-state index contributed by atoms with van der Waals surface area (Å²) in [4.78, 5) is 11.5. The van der Waals surface area contributed by atoms with Crippen molar-refractivity contribution in [2.24, 2.45) is 0 Å². The first-order chi connectivity index (χ1) is 10.7. The van der Waals surface area contributed by atoms with Crippen molar-refractivity contribution >= 4 is 22.6 Å². The van der Waals surface area contributed by atoms with Crippen molar-refractivity contribution in [3.8, 4) is 11.1 Å². The van der Waals surface area contributed by atoms with Crippen molar-refractivity contribution in [1.82, 2.24) is 10.2 Å². The predicted molar refractivity (Wildman–Crippen MR) is 82.0 cm³/mol. The van der Waals surface area contributed by atoms with Gasteiger partial charge in [0.1, 0.15) is 12.4 Å². The molecular formula is C16H14FN3O2. The Morgan fingerprint density at radius 3 is 2.68 bits per heavy atom. The molecular weight excluding hydrogens is 285 g/mol. The number of H-pyrrole nitrogens is 1. The van der Waals surface area contributed by atoms with E-state index in [1.54, 1.807) is 12.1 Å². The van der Waals surface area contributed by atoms with E-state index in [0.717, 1.165) is 22.0 Å². The van der Waals surface area contributed by atoms with Crippen LogP contribution in [0, 0.1) is 5.82 Å². The van der Waals surface area contributed by atoms with E-state index in [2.05, 4.69) is 15.5 Å². The number of nitrogens with zero attached hydrogens (tertiary/aromatic N) is 1. The van der Waals surface area contributed by atoms with Gasteiger partial charge in [-0.3, -0.25) is 9.89 Å². The second kappa shape index (κ2) is 5.95. The maximum atomic E-state index is 13.0. The average molecular weight is 299 g/mol. The second-order valence-electron chi connectivity index (χ2n) is 4.82. The van der Waals surface area contributed by atoms with Crippen LogP contribution in [-0.4, -0.2) is 29.8 Å². The third-order valence-electron chi connectivity index (χ3n) is 3.27. The van der Waals surface area contributed by atoms with E-state index in [1.807, 2.05) is 18.2 Å². The fourth-order valence-electron chi connectivity index (χ4n) is 2.24. The molecule has 3 rings (SSSR count). The number of methoxy groups -OCH3 is 1. The van der Waals surface area contributed by atoms with Gasteiger partial charge < -0.3 is 10.1 Å². The monoisotopic (exact) mass is 299 g/mol. The summed E-state index contributed by atoms with van der Waals surface area (Å²) >= 11 is 0. The minimum absolute atomic E-state index is 0.0258. The van der Waals surface area contributed by atoms with Crippen LogP contribution in [0.3, 0.4) is 0 Å². The highest BCUT2D eigenvalue weighted by molar-refractivity contribution is 6.01. The lowest BCUT2D eigenvalue weighted by molar-refractivity contribution is -0.119. The first-order valence-electron chi connectivity index (χ1n) is 6.70. The SMILES string of the molecule is COCC(=O)Nc1n[nH]c2cc(-c3ccc(F)cc3)ccc12. The second-order valence-corrected chi connectivity index (χ2v) is 4.82. The van der Waals surface area contributed by atoms with Crippen LogP contribution >= 0.6 is 0 Å². The number of benzene rings is 2.